The van der Waals surface area contributed by atoms with Crippen LogP contribution in [0.1, 0.15) is 49.8 Å². The average molecular weight is 697 g/mol. The predicted molar refractivity (Wildman–Crippen MR) is 185 cm³/mol. The van der Waals surface area contributed by atoms with Gasteiger partial charge in [-0.25, -0.2) is 16.8 Å². The first-order chi connectivity index (χ1) is 22.7. The Bertz CT molecular complexity index is 1920. The number of carbonyl (C=O) groups excluding carboxylic acids is 1. The van der Waals surface area contributed by atoms with Crippen LogP contribution in [0, 0.1) is 19.8 Å². The van der Waals surface area contributed by atoms with E-state index in [4.69, 9.17) is 0 Å². The molecule has 1 aromatic heterocycles. The van der Waals surface area contributed by atoms with Crippen molar-refractivity contribution in [1.82, 2.24) is 19.3 Å². The van der Waals surface area contributed by atoms with Crippen molar-refractivity contribution in [3.05, 3.63) is 95.7 Å². The molecule has 0 bridgehead atoms. The van der Waals surface area contributed by atoms with Crippen molar-refractivity contribution in [3.8, 4) is 0 Å². The highest BCUT2D eigenvalue weighted by Crippen LogP contribution is 2.24. The largest absolute Gasteiger partial charge is 0.480 e. The smallest absolute Gasteiger partial charge is 0.322 e. The number of carboxylic acid groups (broad SMARTS) is 1. The lowest BCUT2D eigenvalue weighted by molar-refractivity contribution is -0.142. The topological polar surface area (TPSA) is 166 Å². The Hall–Kier alpha value is -4.04. The van der Waals surface area contributed by atoms with Gasteiger partial charge in [0.1, 0.15) is 12.1 Å². The molecule has 48 heavy (non-hydrogen) atoms. The minimum absolute atomic E-state index is 0.0283. The lowest BCUT2D eigenvalue weighted by Crippen LogP contribution is -2.48. The number of sulfonamides is 2. The number of hydrogen-bond acceptors (Lipinski definition) is 6. The zero-order chi connectivity index (χ0) is 35.1. The third-order valence-corrected chi connectivity index (χ3v) is 11.4. The number of aromatic amines is 1. The standard InChI is InChI=1S/C35H44N4O7S2/c1-24(2)23-39(48(45,46)29-18-14-26(4)15-19-29)33(35(41)42)11-7-8-20-36-34(40)32(21-27-22-37-31-10-6-5-9-30(27)31)38-47(43,44)28-16-12-25(3)13-17-28/h5-6,9-10,12-19,22,24,32-33,37-38H,7-8,11,20-21,23H2,1-4H3,(H,36,40)(H,41,42)/t32-,33-/m0/s1. The number of nitrogens with zero attached hydrogens (tertiary/aromatic N) is 1. The molecule has 0 unspecified atom stereocenters. The molecule has 0 spiro atoms. The number of carbonyl (C=O) groups is 2. The maximum atomic E-state index is 13.6. The first-order valence-electron chi connectivity index (χ1n) is 15.9. The molecular weight excluding hydrogens is 653 g/mol. The van der Waals surface area contributed by atoms with Crippen molar-refractivity contribution in [3.63, 3.8) is 0 Å². The molecule has 0 fully saturated rings. The number of carboxylic acids is 1. The molecule has 4 aromatic rings. The minimum atomic E-state index is -4.09. The molecule has 0 saturated heterocycles. The Morgan fingerprint density at radius 3 is 2.06 bits per heavy atom. The fourth-order valence-corrected chi connectivity index (χ4v) is 8.44. The number of aliphatic carboxylic acids is 1. The molecule has 0 aliphatic carbocycles. The van der Waals surface area contributed by atoms with Crippen LogP contribution >= 0.6 is 0 Å². The molecule has 3 aromatic carbocycles. The lowest BCUT2D eigenvalue weighted by Gasteiger charge is -2.29. The second kappa shape index (κ2) is 15.9. The van der Waals surface area contributed by atoms with E-state index in [-0.39, 0.29) is 41.6 Å². The summed E-state index contributed by atoms with van der Waals surface area (Å²) in [5.41, 5.74) is 3.40. The van der Waals surface area contributed by atoms with E-state index in [0.717, 1.165) is 31.9 Å². The van der Waals surface area contributed by atoms with Crippen molar-refractivity contribution < 1.29 is 31.5 Å². The molecule has 258 valence electrons. The van der Waals surface area contributed by atoms with Crippen LogP contribution in [0.3, 0.4) is 0 Å². The number of benzene rings is 3. The van der Waals surface area contributed by atoms with E-state index in [2.05, 4.69) is 15.0 Å². The molecule has 11 nitrogen and oxygen atoms in total. The highest BCUT2D eigenvalue weighted by molar-refractivity contribution is 7.89. The van der Waals surface area contributed by atoms with E-state index >= 15 is 0 Å². The number of para-hydroxylation sites is 1. The zero-order valence-corrected chi connectivity index (χ0v) is 29.3. The third kappa shape index (κ3) is 9.31. The van der Waals surface area contributed by atoms with Gasteiger partial charge in [-0.1, -0.05) is 67.4 Å². The summed E-state index contributed by atoms with van der Waals surface area (Å²) in [6.07, 6.45) is 2.52. The van der Waals surface area contributed by atoms with Crippen molar-refractivity contribution >= 4 is 42.8 Å². The van der Waals surface area contributed by atoms with Crippen LogP contribution in [0.15, 0.2) is 88.8 Å². The van der Waals surface area contributed by atoms with Crippen molar-refractivity contribution in [2.45, 2.75) is 75.3 Å². The summed E-state index contributed by atoms with van der Waals surface area (Å²) in [5, 5.41) is 13.8. The van der Waals surface area contributed by atoms with Gasteiger partial charge in [0.15, 0.2) is 0 Å². The summed E-state index contributed by atoms with van der Waals surface area (Å²) in [4.78, 5) is 29.1. The molecule has 0 aliphatic rings. The van der Waals surface area contributed by atoms with Gasteiger partial charge in [0.2, 0.25) is 26.0 Å². The lowest BCUT2D eigenvalue weighted by atomic mass is 10.0. The van der Waals surface area contributed by atoms with Crippen LogP contribution in [0.4, 0.5) is 0 Å². The molecule has 1 heterocycles. The number of H-pyrrole nitrogens is 1. The van der Waals surface area contributed by atoms with Gasteiger partial charge < -0.3 is 15.4 Å². The molecular formula is C35H44N4O7S2. The summed E-state index contributed by atoms with van der Waals surface area (Å²) in [5.74, 6) is -1.90. The van der Waals surface area contributed by atoms with Crippen LogP contribution in [0.2, 0.25) is 0 Å². The van der Waals surface area contributed by atoms with Crippen molar-refractivity contribution in [2.24, 2.45) is 5.92 Å². The van der Waals surface area contributed by atoms with Gasteiger partial charge >= 0.3 is 5.97 Å². The van der Waals surface area contributed by atoms with Gasteiger partial charge in [0, 0.05) is 30.2 Å². The number of rotatable bonds is 17. The van der Waals surface area contributed by atoms with Crippen LogP contribution in [-0.4, -0.2) is 68.3 Å². The number of amides is 1. The number of unbranched alkanes of at least 4 members (excludes halogenated alkanes) is 1. The number of aromatic nitrogens is 1. The number of fused-ring (bicyclic) bond motifs is 1. The van der Waals surface area contributed by atoms with E-state index in [9.17, 15) is 31.5 Å². The molecule has 4 N–H and O–H groups in total. The first-order valence-corrected chi connectivity index (χ1v) is 18.8. The van der Waals surface area contributed by atoms with Crippen LogP contribution < -0.4 is 10.0 Å². The molecule has 0 saturated carbocycles. The fourth-order valence-electron chi connectivity index (χ4n) is 5.47. The van der Waals surface area contributed by atoms with E-state index in [1.807, 2.05) is 52.0 Å². The SMILES string of the molecule is Cc1ccc(S(=O)(=O)N[C@@H](Cc2c[nH]c3ccccc23)C(=O)NCCCC[C@@H](C(=O)O)N(CC(C)C)S(=O)(=O)c2ccc(C)cc2)cc1. The van der Waals surface area contributed by atoms with Crippen molar-refractivity contribution in [2.75, 3.05) is 13.1 Å². The highest BCUT2D eigenvalue weighted by Gasteiger charge is 2.36. The monoisotopic (exact) mass is 696 g/mol. The number of aryl methyl sites for hydroxylation is 2. The van der Waals surface area contributed by atoms with E-state index in [0.29, 0.717) is 12.8 Å². The molecule has 13 heteroatoms. The van der Waals surface area contributed by atoms with Crippen LogP contribution in [0.5, 0.6) is 0 Å². The number of nitrogens with one attached hydrogen (secondary N) is 3. The summed E-state index contributed by atoms with van der Waals surface area (Å²) >= 11 is 0. The highest BCUT2D eigenvalue weighted by atomic mass is 32.2. The van der Waals surface area contributed by atoms with E-state index in [1.54, 1.807) is 30.5 Å². The average Bonchev–Trinajstić information content (AvgIpc) is 3.44. The summed E-state index contributed by atoms with van der Waals surface area (Å²) in [6.45, 7) is 7.50. The zero-order valence-electron chi connectivity index (χ0n) is 27.6. The Labute approximate surface area is 282 Å². The first kappa shape index (κ1) is 36.8. The molecule has 2 atom stereocenters. The normalized spacial score (nSPS) is 13.5. The molecule has 1 amide bonds. The second-order valence-corrected chi connectivity index (χ2v) is 16.1. The molecule has 0 aliphatic heterocycles. The number of hydrogen-bond donors (Lipinski definition) is 4. The Morgan fingerprint density at radius 2 is 1.46 bits per heavy atom. The molecule has 0 radical (unpaired) electrons. The van der Waals surface area contributed by atoms with Gasteiger partial charge in [-0.15, -0.1) is 0 Å². The van der Waals surface area contributed by atoms with Gasteiger partial charge in [-0.05, 0) is 81.3 Å². The summed E-state index contributed by atoms with van der Waals surface area (Å²) < 4.78 is 57.4. The van der Waals surface area contributed by atoms with Gasteiger partial charge in [0.25, 0.3) is 0 Å². The Kier molecular flexibility index (Phi) is 12.2. The van der Waals surface area contributed by atoms with Crippen molar-refractivity contribution in [1.29, 1.82) is 0 Å². The molecule has 4 rings (SSSR count). The maximum Gasteiger partial charge on any atom is 0.322 e. The summed E-state index contributed by atoms with van der Waals surface area (Å²) in [6, 6.07) is 17.7. The summed E-state index contributed by atoms with van der Waals surface area (Å²) in [7, 11) is -8.13. The Balaban J connectivity index is 1.45. The van der Waals surface area contributed by atoms with E-state index < -0.39 is 44.0 Å². The Morgan fingerprint density at radius 1 is 0.854 bits per heavy atom. The van der Waals surface area contributed by atoms with Gasteiger partial charge in [-0.3, -0.25) is 9.59 Å². The predicted octanol–water partition coefficient (Wildman–Crippen LogP) is 4.76. The van der Waals surface area contributed by atoms with Crippen LogP contribution in [-0.2, 0) is 36.1 Å². The van der Waals surface area contributed by atoms with Crippen LogP contribution in [0.25, 0.3) is 10.9 Å². The second-order valence-electron chi connectivity index (χ2n) is 12.5. The fraction of sp³-hybridized carbons (Fsp3) is 0.371. The van der Waals surface area contributed by atoms with E-state index in [1.165, 1.54) is 24.3 Å². The quantitative estimate of drug-likeness (QED) is 0.116. The maximum absolute atomic E-state index is 13.6. The van der Waals surface area contributed by atoms with Gasteiger partial charge in [0.05, 0.1) is 9.79 Å². The third-order valence-electron chi connectivity index (χ3n) is 8.05. The van der Waals surface area contributed by atoms with Gasteiger partial charge in [-0.2, -0.15) is 9.03 Å². The minimum Gasteiger partial charge on any atom is -0.480 e.